The van der Waals surface area contributed by atoms with Gasteiger partial charge in [0.25, 0.3) is 0 Å². The molecule has 2 saturated carbocycles. The molecule has 2 aliphatic heterocycles. The highest BCUT2D eigenvalue weighted by Gasteiger charge is 2.37. The lowest BCUT2D eigenvalue weighted by Gasteiger charge is -2.36. The topological polar surface area (TPSA) is 98.7 Å². The van der Waals surface area contributed by atoms with Gasteiger partial charge in [0.1, 0.15) is 0 Å². The largest absolute Gasteiger partial charge is 0.473 e. The third-order valence-corrected chi connectivity index (χ3v) is 7.22. The highest BCUT2D eigenvalue weighted by molar-refractivity contribution is 6.27. The van der Waals surface area contributed by atoms with E-state index in [9.17, 15) is 0 Å². The van der Waals surface area contributed by atoms with E-state index >= 15 is 0 Å². The van der Waals surface area contributed by atoms with Crippen LogP contribution in [0.4, 0.5) is 0 Å². The minimum atomic E-state index is -1.82. The van der Waals surface area contributed by atoms with E-state index < -0.39 is 11.9 Å². The van der Waals surface area contributed by atoms with Crippen LogP contribution >= 0.6 is 0 Å². The second-order valence-electron chi connectivity index (χ2n) is 9.87. The van der Waals surface area contributed by atoms with Crippen molar-refractivity contribution in [3.8, 4) is 0 Å². The van der Waals surface area contributed by atoms with Crippen LogP contribution in [0.2, 0.25) is 0 Å². The predicted molar refractivity (Wildman–Crippen MR) is 110 cm³/mol. The van der Waals surface area contributed by atoms with Crippen LogP contribution in [0.3, 0.4) is 0 Å². The molecule has 4 fully saturated rings. The Morgan fingerprint density at radius 3 is 1.39 bits per heavy atom. The van der Waals surface area contributed by atoms with Gasteiger partial charge in [0.05, 0.1) is 0 Å². The van der Waals surface area contributed by atoms with Crippen molar-refractivity contribution in [3.63, 3.8) is 0 Å². The van der Waals surface area contributed by atoms with Crippen LogP contribution < -0.4 is 10.6 Å². The number of aliphatic carboxylic acids is 2. The molecule has 2 heterocycles. The first-order valence-electron chi connectivity index (χ1n) is 11.1. The van der Waals surface area contributed by atoms with Crippen molar-refractivity contribution in [2.45, 2.75) is 78.1 Å². The molecule has 0 radical (unpaired) electrons. The number of carboxylic acid groups (broad SMARTS) is 2. The molecule has 2 saturated heterocycles. The Bertz CT molecular complexity index is 465. The van der Waals surface area contributed by atoms with Crippen molar-refractivity contribution in [1.29, 1.82) is 0 Å². The van der Waals surface area contributed by atoms with Crippen LogP contribution in [0.5, 0.6) is 0 Å². The average Bonchev–Trinajstić information content (AvgIpc) is 3.26. The van der Waals surface area contributed by atoms with E-state index in [1.165, 1.54) is 90.4 Å². The molecule has 0 bridgehead atoms. The van der Waals surface area contributed by atoms with Gasteiger partial charge in [-0.3, -0.25) is 0 Å². The molecule has 4 rings (SSSR count). The van der Waals surface area contributed by atoms with E-state index in [1.807, 2.05) is 0 Å². The fourth-order valence-electron chi connectivity index (χ4n) is 5.90. The van der Waals surface area contributed by atoms with Crippen LogP contribution in [0.15, 0.2) is 0 Å². The van der Waals surface area contributed by atoms with Crippen LogP contribution in [0, 0.1) is 22.7 Å². The maximum absolute atomic E-state index is 9.10. The zero-order valence-corrected chi connectivity index (χ0v) is 17.8. The highest BCUT2D eigenvalue weighted by atomic mass is 16.4. The van der Waals surface area contributed by atoms with Gasteiger partial charge in [-0.25, -0.2) is 9.59 Å². The van der Waals surface area contributed by atoms with Gasteiger partial charge < -0.3 is 20.8 Å². The lowest BCUT2D eigenvalue weighted by molar-refractivity contribution is -0.159. The van der Waals surface area contributed by atoms with Crippen LogP contribution in [-0.2, 0) is 9.59 Å². The lowest BCUT2D eigenvalue weighted by atomic mass is 9.70. The van der Waals surface area contributed by atoms with Gasteiger partial charge in [-0.15, -0.1) is 0 Å². The normalized spacial score (nSPS) is 36.9. The Morgan fingerprint density at radius 1 is 0.750 bits per heavy atom. The standard InChI is InChI=1S/2C10H19N.C2H2O4/c2*1-9-3-2-4-10(7-9)5-6-11-8-10;3-1(4)2(5)6/h2*9,11H,2-8H2,1H3;(H,3,4)(H,5,6). The van der Waals surface area contributed by atoms with Crippen LogP contribution in [-0.4, -0.2) is 48.3 Å². The maximum Gasteiger partial charge on any atom is 0.414 e. The molecule has 0 aromatic carbocycles. The number of carboxylic acids is 2. The number of hydrogen-bond donors (Lipinski definition) is 4. The molecule has 2 spiro atoms. The molecule has 6 nitrogen and oxygen atoms in total. The SMILES string of the molecule is CC1CCCC2(CCNC2)C1.CC1CCCC2(CCNC2)C1.O=C(O)C(=O)O. The molecule has 6 heteroatoms. The molecular formula is C22H40N2O4. The monoisotopic (exact) mass is 396 g/mol. The Balaban J connectivity index is 0.000000158. The maximum atomic E-state index is 9.10. The predicted octanol–water partition coefficient (Wildman–Crippen LogP) is 3.51. The number of rotatable bonds is 0. The molecule has 28 heavy (non-hydrogen) atoms. The molecule has 0 aromatic rings. The molecule has 4 unspecified atom stereocenters. The van der Waals surface area contributed by atoms with Crippen molar-refractivity contribution >= 4 is 11.9 Å². The summed E-state index contributed by atoms with van der Waals surface area (Å²) in [7, 11) is 0. The minimum Gasteiger partial charge on any atom is -0.473 e. The van der Waals surface area contributed by atoms with E-state index in [1.54, 1.807) is 0 Å². The minimum absolute atomic E-state index is 0.734. The van der Waals surface area contributed by atoms with Crippen molar-refractivity contribution in [1.82, 2.24) is 10.6 Å². The zero-order valence-electron chi connectivity index (χ0n) is 17.8. The van der Waals surface area contributed by atoms with E-state index in [-0.39, 0.29) is 0 Å². The lowest BCUT2D eigenvalue weighted by Crippen LogP contribution is -2.29. The second-order valence-corrected chi connectivity index (χ2v) is 9.87. The number of hydrogen-bond acceptors (Lipinski definition) is 4. The van der Waals surface area contributed by atoms with Crippen LogP contribution in [0.1, 0.15) is 78.1 Å². The third kappa shape index (κ3) is 7.03. The molecular weight excluding hydrogens is 356 g/mol. The molecule has 4 N–H and O–H groups in total. The van der Waals surface area contributed by atoms with Crippen molar-refractivity contribution in [3.05, 3.63) is 0 Å². The van der Waals surface area contributed by atoms with E-state index in [4.69, 9.17) is 19.8 Å². The summed E-state index contributed by atoms with van der Waals surface area (Å²) in [5.41, 5.74) is 1.47. The summed E-state index contributed by atoms with van der Waals surface area (Å²) in [6.45, 7) is 9.98. The summed E-state index contributed by atoms with van der Waals surface area (Å²) in [5, 5.41) is 21.8. The third-order valence-electron chi connectivity index (χ3n) is 7.22. The molecule has 0 amide bonds. The van der Waals surface area contributed by atoms with Gasteiger partial charge in [0.2, 0.25) is 0 Å². The Labute approximate surface area is 169 Å². The zero-order chi connectivity index (χ0) is 20.6. The van der Waals surface area contributed by atoms with Gasteiger partial charge in [-0.1, -0.05) is 39.5 Å². The molecule has 0 aromatic heterocycles. The highest BCUT2D eigenvalue weighted by Crippen LogP contribution is 2.44. The summed E-state index contributed by atoms with van der Waals surface area (Å²) in [5.74, 6) is -1.67. The fraction of sp³-hybridized carbons (Fsp3) is 0.909. The first kappa shape index (κ1) is 23.1. The van der Waals surface area contributed by atoms with Crippen molar-refractivity contribution < 1.29 is 19.8 Å². The molecule has 2 aliphatic carbocycles. The summed E-state index contributed by atoms with van der Waals surface area (Å²) >= 11 is 0. The summed E-state index contributed by atoms with van der Waals surface area (Å²) < 4.78 is 0. The van der Waals surface area contributed by atoms with Gasteiger partial charge >= 0.3 is 11.9 Å². The first-order valence-corrected chi connectivity index (χ1v) is 11.1. The molecule has 4 atom stereocenters. The summed E-state index contributed by atoms with van der Waals surface area (Å²) in [4.78, 5) is 18.2. The van der Waals surface area contributed by atoms with Crippen molar-refractivity contribution in [2.75, 3.05) is 26.2 Å². The Kier molecular flexibility index (Phi) is 8.75. The second kappa shape index (κ2) is 10.6. The quantitative estimate of drug-likeness (QED) is 0.468. The van der Waals surface area contributed by atoms with Gasteiger partial charge in [-0.2, -0.15) is 0 Å². The van der Waals surface area contributed by atoms with Gasteiger partial charge in [0, 0.05) is 13.1 Å². The van der Waals surface area contributed by atoms with E-state index in [0.717, 1.165) is 22.7 Å². The van der Waals surface area contributed by atoms with Gasteiger partial charge in [-0.05, 0) is 74.3 Å². The molecule has 162 valence electrons. The Morgan fingerprint density at radius 2 is 1.14 bits per heavy atom. The summed E-state index contributed by atoms with van der Waals surface area (Å²) in [6, 6.07) is 0. The van der Waals surface area contributed by atoms with Gasteiger partial charge in [0.15, 0.2) is 0 Å². The Hall–Kier alpha value is -1.14. The van der Waals surface area contributed by atoms with E-state index in [0.29, 0.717) is 0 Å². The average molecular weight is 397 g/mol. The van der Waals surface area contributed by atoms with E-state index in [2.05, 4.69) is 24.5 Å². The molecule has 4 aliphatic rings. The summed E-state index contributed by atoms with van der Waals surface area (Å²) in [6.07, 6.45) is 14.7. The number of nitrogens with one attached hydrogen (secondary N) is 2. The van der Waals surface area contributed by atoms with Crippen molar-refractivity contribution in [2.24, 2.45) is 22.7 Å². The smallest absolute Gasteiger partial charge is 0.414 e. The number of carbonyl (C=O) groups is 2. The first-order chi connectivity index (χ1) is 13.3. The van der Waals surface area contributed by atoms with Crippen LogP contribution in [0.25, 0.3) is 0 Å². The fourth-order valence-corrected chi connectivity index (χ4v) is 5.90.